The largest absolute Gasteiger partial charge is 0.370 e. The van der Waals surface area contributed by atoms with Gasteiger partial charge in [-0.15, -0.1) is 0 Å². The number of nitrogens with two attached hydrogens (primary N) is 1. The summed E-state index contributed by atoms with van der Waals surface area (Å²) < 4.78 is 0. The van der Waals surface area contributed by atoms with E-state index in [0.29, 0.717) is 6.04 Å². The van der Waals surface area contributed by atoms with Gasteiger partial charge in [0.25, 0.3) is 0 Å². The van der Waals surface area contributed by atoms with Crippen LogP contribution in [-0.2, 0) is 0 Å². The first kappa shape index (κ1) is 13.7. The molecule has 1 saturated carbocycles. The predicted octanol–water partition coefficient (Wildman–Crippen LogP) is 1.37. The highest BCUT2D eigenvalue weighted by molar-refractivity contribution is 5.80. The predicted molar refractivity (Wildman–Crippen MR) is 76.7 cm³/mol. The molecular weight excluding hydrogens is 224 g/mol. The molecule has 18 heavy (non-hydrogen) atoms. The number of aliphatic imine (C=N–C) groups is 1. The number of rotatable bonds is 4. The van der Waals surface area contributed by atoms with Crippen molar-refractivity contribution < 1.29 is 0 Å². The van der Waals surface area contributed by atoms with Crippen LogP contribution < -0.4 is 5.73 Å². The van der Waals surface area contributed by atoms with Crippen LogP contribution in [0.2, 0.25) is 0 Å². The van der Waals surface area contributed by atoms with Gasteiger partial charge in [0.1, 0.15) is 0 Å². The molecule has 1 heterocycles. The SMILES string of the molecule is CC1CCC(C2CN=C(N)N2CCN(C)C)CC1. The highest BCUT2D eigenvalue weighted by Crippen LogP contribution is 2.33. The lowest BCUT2D eigenvalue weighted by Gasteiger charge is -2.36. The summed E-state index contributed by atoms with van der Waals surface area (Å²) in [5.74, 6) is 2.48. The Morgan fingerprint density at radius 1 is 1.28 bits per heavy atom. The van der Waals surface area contributed by atoms with Gasteiger partial charge in [-0.25, -0.2) is 0 Å². The van der Waals surface area contributed by atoms with Gasteiger partial charge in [-0.2, -0.15) is 0 Å². The number of guanidine groups is 1. The van der Waals surface area contributed by atoms with Gasteiger partial charge in [0.2, 0.25) is 0 Å². The van der Waals surface area contributed by atoms with Crippen molar-refractivity contribution in [3.8, 4) is 0 Å². The molecule has 1 atom stereocenters. The van der Waals surface area contributed by atoms with Gasteiger partial charge in [-0.05, 0) is 38.8 Å². The lowest BCUT2D eigenvalue weighted by Crippen LogP contribution is -2.47. The van der Waals surface area contributed by atoms with Gasteiger partial charge >= 0.3 is 0 Å². The van der Waals surface area contributed by atoms with Crippen molar-refractivity contribution >= 4 is 5.96 Å². The Bertz CT molecular complexity index is 292. The molecule has 0 saturated heterocycles. The highest BCUT2D eigenvalue weighted by atomic mass is 15.3. The third-order valence-electron chi connectivity index (χ3n) is 4.53. The minimum atomic E-state index is 0.567. The van der Waals surface area contributed by atoms with Crippen molar-refractivity contribution in [2.45, 2.75) is 38.6 Å². The number of hydrogen-bond donors (Lipinski definition) is 1. The molecule has 0 radical (unpaired) electrons. The quantitative estimate of drug-likeness (QED) is 0.822. The number of nitrogens with zero attached hydrogens (tertiary/aromatic N) is 3. The molecule has 0 aromatic carbocycles. The topological polar surface area (TPSA) is 44.9 Å². The monoisotopic (exact) mass is 252 g/mol. The maximum atomic E-state index is 6.05. The highest BCUT2D eigenvalue weighted by Gasteiger charge is 2.34. The van der Waals surface area contributed by atoms with E-state index in [1.54, 1.807) is 0 Å². The summed E-state index contributed by atoms with van der Waals surface area (Å²) >= 11 is 0. The average Bonchev–Trinajstić information content (AvgIpc) is 2.69. The van der Waals surface area contributed by atoms with Crippen LogP contribution in [-0.4, -0.2) is 55.5 Å². The van der Waals surface area contributed by atoms with Crippen molar-refractivity contribution in [3.05, 3.63) is 0 Å². The zero-order valence-electron chi connectivity index (χ0n) is 12.1. The summed E-state index contributed by atoms with van der Waals surface area (Å²) in [6.07, 6.45) is 5.46. The minimum Gasteiger partial charge on any atom is -0.370 e. The molecule has 0 spiro atoms. The van der Waals surface area contributed by atoms with Crippen molar-refractivity contribution in [2.24, 2.45) is 22.6 Å². The van der Waals surface area contributed by atoms with Gasteiger partial charge in [-0.3, -0.25) is 4.99 Å². The van der Waals surface area contributed by atoms with Crippen LogP contribution in [0.1, 0.15) is 32.6 Å². The zero-order chi connectivity index (χ0) is 13.1. The van der Waals surface area contributed by atoms with Crippen LogP contribution >= 0.6 is 0 Å². The molecule has 2 N–H and O–H groups in total. The van der Waals surface area contributed by atoms with Gasteiger partial charge in [0.15, 0.2) is 5.96 Å². The van der Waals surface area contributed by atoms with E-state index in [4.69, 9.17) is 5.73 Å². The summed E-state index contributed by atoms with van der Waals surface area (Å²) in [5.41, 5.74) is 6.05. The molecule has 0 aromatic rings. The molecular formula is C14H28N4. The lowest BCUT2D eigenvalue weighted by molar-refractivity contribution is 0.172. The Labute approximate surface area is 111 Å². The molecule has 0 aromatic heterocycles. The van der Waals surface area contributed by atoms with E-state index in [1.807, 2.05) is 0 Å². The van der Waals surface area contributed by atoms with Crippen molar-refractivity contribution in [2.75, 3.05) is 33.7 Å². The third-order valence-corrected chi connectivity index (χ3v) is 4.53. The van der Waals surface area contributed by atoms with Gasteiger partial charge in [0, 0.05) is 13.1 Å². The molecule has 0 amide bonds. The van der Waals surface area contributed by atoms with Crippen LogP contribution in [0.15, 0.2) is 4.99 Å². The maximum absolute atomic E-state index is 6.05. The van der Waals surface area contributed by atoms with E-state index in [-0.39, 0.29) is 0 Å². The summed E-state index contributed by atoms with van der Waals surface area (Å²) in [4.78, 5) is 9.03. The summed E-state index contributed by atoms with van der Waals surface area (Å²) in [5, 5.41) is 0. The van der Waals surface area contributed by atoms with E-state index in [2.05, 4.69) is 35.8 Å². The maximum Gasteiger partial charge on any atom is 0.191 e. The molecule has 1 unspecified atom stereocenters. The number of likely N-dealkylation sites (N-methyl/N-ethyl adjacent to an activating group) is 1. The first-order chi connectivity index (χ1) is 8.58. The van der Waals surface area contributed by atoms with Gasteiger partial charge in [-0.1, -0.05) is 19.8 Å². The molecule has 1 aliphatic carbocycles. The number of hydrogen-bond acceptors (Lipinski definition) is 4. The third kappa shape index (κ3) is 3.16. The van der Waals surface area contributed by atoms with Gasteiger partial charge < -0.3 is 15.5 Å². The Morgan fingerprint density at radius 3 is 2.56 bits per heavy atom. The van der Waals surface area contributed by atoms with E-state index in [9.17, 15) is 0 Å². The Morgan fingerprint density at radius 2 is 1.94 bits per heavy atom. The Hall–Kier alpha value is -0.770. The molecule has 1 fully saturated rings. The van der Waals surface area contributed by atoms with E-state index in [1.165, 1.54) is 25.7 Å². The first-order valence-corrected chi connectivity index (χ1v) is 7.29. The van der Waals surface area contributed by atoms with Gasteiger partial charge in [0.05, 0.1) is 12.6 Å². The molecule has 0 bridgehead atoms. The van der Waals surface area contributed by atoms with Crippen LogP contribution in [0.25, 0.3) is 0 Å². The fourth-order valence-electron chi connectivity index (χ4n) is 3.21. The molecule has 104 valence electrons. The lowest BCUT2D eigenvalue weighted by atomic mass is 9.79. The van der Waals surface area contributed by atoms with Crippen molar-refractivity contribution in [1.82, 2.24) is 9.80 Å². The summed E-state index contributed by atoms with van der Waals surface area (Å²) in [6, 6.07) is 0.567. The standard InChI is InChI=1S/C14H28N4/c1-11-4-6-12(7-5-11)13-10-16-14(15)18(13)9-8-17(2)3/h11-13H,4-10H2,1-3H3,(H2,15,16). The van der Waals surface area contributed by atoms with E-state index in [0.717, 1.165) is 37.4 Å². The molecule has 2 aliphatic rings. The molecule has 4 nitrogen and oxygen atoms in total. The Kier molecular flexibility index (Phi) is 4.49. The first-order valence-electron chi connectivity index (χ1n) is 7.29. The van der Waals surface area contributed by atoms with Crippen LogP contribution in [0.3, 0.4) is 0 Å². The van der Waals surface area contributed by atoms with E-state index >= 15 is 0 Å². The minimum absolute atomic E-state index is 0.567. The fourth-order valence-corrected chi connectivity index (χ4v) is 3.21. The second-order valence-corrected chi connectivity index (χ2v) is 6.28. The fraction of sp³-hybridized carbons (Fsp3) is 0.929. The summed E-state index contributed by atoms with van der Waals surface area (Å²) in [7, 11) is 4.22. The second-order valence-electron chi connectivity index (χ2n) is 6.28. The zero-order valence-corrected chi connectivity index (χ0v) is 12.1. The molecule has 4 heteroatoms. The van der Waals surface area contributed by atoms with Crippen molar-refractivity contribution in [3.63, 3.8) is 0 Å². The van der Waals surface area contributed by atoms with Crippen LogP contribution in [0.4, 0.5) is 0 Å². The smallest absolute Gasteiger partial charge is 0.191 e. The summed E-state index contributed by atoms with van der Waals surface area (Å²) in [6.45, 7) is 5.35. The molecule has 1 aliphatic heterocycles. The Balaban J connectivity index is 1.91. The normalized spacial score (nSPS) is 33.0. The van der Waals surface area contributed by atoms with Crippen molar-refractivity contribution in [1.29, 1.82) is 0 Å². The van der Waals surface area contributed by atoms with Crippen LogP contribution in [0.5, 0.6) is 0 Å². The second kappa shape index (κ2) is 5.91. The average molecular weight is 252 g/mol. The van der Waals surface area contributed by atoms with E-state index < -0.39 is 0 Å². The molecule has 2 rings (SSSR count). The van der Waals surface area contributed by atoms with Crippen LogP contribution in [0, 0.1) is 11.8 Å².